The van der Waals surface area contributed by atoms with Crippen molar-refractivity contribution >= 4 is 27.1 Å². The van der Waals surface area contributed by atoms with Gasteiger partial charge in [-0.15, -0.1) is 0 Å². The van der Waals surface area contributed by atoms with Crippen molar-refractivity contribution in [2.75, 3.05) is 7.05 Å². The van der Waals surface area contributed by atoms with E-state index in [0.717, 1.165) is 0 Å². The third kappa shape index (κ3) is 2.57. The largest absolute Gasteiger partial charge is 0.324 e. The summed E-state index contributed by atoms with van der Waals surface area (Å²) in [5.74, 6) is -0.815. The lowest BCUT2D eigenvalue weighted by Crippen LogP contribution is -2.43. The van der Waals surface area contributed by atoms with Gasteiger partial charge in [0.15, 0.2) is 5.78 Å². The van der Waals surface area contributed by atoms with Crippen LogP contribution >= 0.6 is 0 Å². The predicted octanol–water partition coefficient (Wildman–Crippen LogP) is 2.78. The second-order valence-corrected chi connectivity index (χ2v) is 8.53. The molecule has 0 atom stereocenters. The fourth-order valence-corrected chi connectivity index (χ4v) is 5.30. The zero-order valence-corrected chi connectivity index (χ0v) is 15.9. The average Bonchev–Trinajstić information content (AvgIpc) is 2.94. The molecule has 0 N–H and O–H groups in total. The summed E-state index contributed by atoms with van der Waals surface area (Å²) in [7, 11) is -2.53. The van der Waals surface area contributed by atoms with Gasteiger partial charge < -0.3 is 4.90 Å². The summed E-state index contributed by atoms with van der Waals surface area (Å²) in [5.41, 5.74) is -0.174. The third-order valence-corrected chi connectivity index (χ3v) is 6.88. The van der Waals surface area contributed by atoms with Gasteiger partial charge in [-0.05, 0) is 42.0 Å². The summed E-state index contributed by atoms with van der Waals surface area (Å²) < 4.78 is 26.9. The van der Waals surface area contributed by atoms with E-state index in [-0.39, 0.29) is 15.6 Å². The number of hydrogen-bond donors (Lipinski definition) is 0. The highest BCUT2D eigenvalue weighted by Crippen LogP contribution is 2.47. The summed E-state index contributed by atoms with van der Waals surface area (Å²) in [6, 6.07) is 16.8. The van der Waals surface area contributed by atoms with Crippen LogP contribution in [-0.2, 0) is 19.4 Å². The summed E-state index contributed by atoms with van der Waals surface area (Å²) >= 11 is 0. The Morgan fingerprint density at radius 1 is 0.821 bits per heavy atom. The number of carbonyl (C=O) groups is 2. The van der Waals surface area contributed by atoms with Crippen molar-refractivity contribution < 1.29 is 18.0 Å². The normalized spacial score (nSPS) is 18.4. The van der Waals surface area contributed by atoms with Crippen LogP contribution in [0.2, 0.25) is 0 Å². The molecule has 0 aromatic heterocycles. The highest BCUT2D eigenvalue weighted by molar-refractivity contribution is 7.96. The summed E-state index contributed by atoms with van der Waals surface area (Å²) in [4.78, 5) is 26.1. The SMILES string of the molecule is CN1C(=O)C(S(=O)(=O)c2ccccc2)=C(c2ccccc2)C12C=CC(=O)C=C2. The topological polar surface area (TPSA) is 71.5 Å². The molecule has 5 nitrogen and oxygen atoms in total. The molecular weight excluding hydrogens is 374 g/mol. The van der Waals surface area contributed by atoms with Gasteiger partial charge in [0.2, 0.25) is 9.84 Å². The Bertz CT molecular complexity index is 1140. The fraction of sp³-hybridized carbons (Fsp3) is 0.0909. The number of nitrogens with zero attached hydrogens (tertiary/aromatic N) is 1. The lowest BCUT2D eigenvalue weighted by Gasteiger charge is -2.34. The van der Waals surface area contributed by atoms with Crippen LogP contribution in [-0.4, -0.2) is 37.6 Å². The molecule has 140 valence electrons. The molecule has 2 aromatic rings. The summed E-state index contributed by atoms with van der Waals surface area (Å²) in [6.07, 6.45) is 5.90. The molecule has 0 radical (unpaired) electrons. The Hall–Kier alpha value is -3.25. The first kappa shape index (κ1) is 18.1. The first-order chi connectivity index (χ1) is 13.4. The maximum absolute atomic E-state index is 13.4. The number of carbonyl (C=O) groups excluding carboxylic acids is 2. The molecule has 0 saturated heterocycles. The Morgan fingerprint density at radius 3 is 1.93 bits per heavy atom. The molecule has 1 aliphatic heterocycles. The molecule has 2 aliphatic rings. The molecule has 28 heavy (non-hydrogen) atoms. The number of ketones is 1. The molecule has 0 fully saturated rings. The molecule has 1 spiro atoms. The molecule has 1 heterocycles. The number of amides is 1. The third-order valence-electron chi connectivity index (χ3n) is 5.07. The highest BCUT2D eigenvalue weighted by atomic mass is 32.2. The molecule has 4 rings (SSSR count). The van der Waals surface area contributed by atoms with E-state index in [4.69, 9.17) is 0 Å². The fourth-order valence-electron chi connectivity index (χ4n) is 3.63. The lowest BCUT2D eigenvalue weighted by atomic mass is 9.83. The van der Waals surface area contributed by atoms with Crippen LogP contribution in [0.4, 0.5) is 0 Å². The number of sulfone groups is 1. The van der Waals surface area contributed by atoms with E-state index in [1.807, 2.05) is 6.07 Å². The van der Waals surface area contributed by atoms with Gasteiger partial charge in [-0.3, -0.25) is 9.59 Å². The molecule has 6 heteroatoms. The molecule has 2 aromatic carbocycles. The lowest BCUT2D eigenvalue weighted by molar-refractivity contribution is -0.125. The first-order valence-electron chi connectivity index (χ1n) is 8.69. The Kier molecular flexibility index (Phi) is 4.16. The van der Waals surface area contributed by atoms with E-state index >= 15 is 0 Å². The number of rotatable bonds is 3. The van der Waals surface area contributed by atoms with Crippen molar-refractivity contribution in [3.05, 3.63) is 95.4 Å². The van der Waals surface area contributed by atoms with E-state index in [2.05, 4.69) is 0 Å². The van der Waals surface area contributed by atoms with Gasteiger partial charge in [-0.2, -0.15) is 0 Å². The zero-order valence-electron chi connectivity index (χ0n) is 15.1. The maximum atomic E-state index is 13.4. The average molecular weight is 391 g/mol. The van der Waals surface area contributed by atoms with Crippen molar-refractivity contribution in [1.82, 2.24) is 4.90 Å². The van der Waals surface area contributed by atoms with Crippen LogP contribution in [0.1, 0.15) is 5.56 Å². The van der Waals surface area contributed by atoms with E-state index < -0.39 is 21.3 Å². The van der Waals surface area contributed by atoms with Crippen LogP contribution in [0, 0.1) is 0 Å². The van der Waals surface area contributed by atoms with Crippen LogP contribution in [0.25, 0.3) is 5.57 Å². The minimum atomic E-state index is -4.07. The molecule has 0 saturated carbocycles. The standard InChI is InChI=1S/C22H17NO4S/c1-23-21(25)20(28(26,27)18-10-6-3-7-11-18)19(16-8-4-2-5-9-16)22(23)14-12-17(24)13-15-22/h2-15H,1H3. The van der Waals surface area contributed by atoms with Crippen molar-refractivity contribution in [3.63, 3.8) is 0 Å². The highest BCUT2D eigenvalue weighted by Gasteiger charge is 2.52. The van der Waals surface area contributed by atoms with Gasteiger partial charge in [0, 0.05) is 12.6 Å². The maximum Gasteiger partial charge on any atom is 0.267 e. The Balaban J connectivity index is 2.07. The molecule has 1 aliphatic carbocycles. The number of allylic oxidation sites excluding steroid dienone is 2. The smallest absolute Gasteiger partial charge is 0.267 e. The van der Waals surface area contributed by atoms with Crippen LogP contribution in [0.5, 0.6) is 0 Å². The first-order valence-corrected chi connectivity index (χ1v) is 10.2. The number of hydrogen-bond acceptors (Lipinski definition) is 4. The van der Waals surface area contributed by atoms with Crippen LogP contribution in [0.3, 0.4) is 0 Å². The Morgan fingerprint density at radius 2 is 1.36 bits per heavy atom. The van der Waals surface area contributed by atoms with Crippen LogP contribution in [0.15, 0.2) is 94.8 Å². The predicted molar refractivity (Wildman–Crippen MR) is 106 cm³/mol. The van der Waals surface area contributed by atoms with Crippen LogP contribution < -0.4 is 0 Å². The van der Waals surface area contributed by atoms with E-state index in [0.29, 0.717) is 11.1 Å². The van der Waals surface area contributed by atoms with E-state index in [1.54, 1.807) is 61.7 Å². The molecule has 0 bridgehead atoms. The van der Waals surface area contributed by atoms with Gasteiger partial charge in [-0.1, -0.05) is 48.5 Å². The minimum Gasteiger partial charge on any atom is -0.324 e. The number of likely N-dealkylation sites (N-methyl/N-ethyl adjacent to an activating group) is 1. The van der Waals surface area contributed by atoms with Gasteiger partial charge in [0.25, 0.3) is 5.91 Å². The second kappa shape index (κ2) is 6.42. The minimum absolute atomic E-state index is 0.0528. The molecule has 1 amide bonds. The summed E-state index contributed by atoms with van der Waals surface area (Å²) in [5, 5.41) is 0. The van der Waals surface area contributed by atoms with Crippen molar-refractivity contribution in [3.8, 4) is 0 Å². The zero-order chi connectivity index (χ0) is 19.9. The van der Waals surface area contributed by atoms with Gasteiger partial charge in [-0.25, -0.2) is 8.42 Å². The van der Waals surface area contributed by atoms with Gasteiger partial charge in [0.1, 0.15) is 10.4 Å². The van der Waals surface area contributed by atoms with Crippen molar-refractivity contribution in [2.45, 2.75) is 10.4 Å². The monoisotopic (exact) mass is 391 g/mol. The molecular formula is C22H17NO4S. The quantitative estimate of drug-likeness (QED) is 0.807. The van der Waals surface area contributed by atoms with Crippen molar-refractivity contribution in [2.24, 2.45) is 0 Å². The van der Waals surface area contributed by atoms with Crippen molar-refractivity contribution in [1.29, 1.82) is 0 Å². The van der Waals surface area contributed by atoms with E-state index in [9.17, 15) is 18.0 Å². The molecule has 0 unspecified atom stereocenters. The van der Waals surface area contributed by atoms with Gasteiger partial charge >= 0.3 is 0 Å². The Labute approximate surface area is 163 Å². The van der Waals surface area contributed by atoms with Gasteiger partial charge in [0.05, 0.1) is 4.90 Å². The summed E-state index contributed by atoms with van der Waals surface area (Å²) in [6.45, 7) is 0. The number of benzene rings is 2. The second-order valence-electron chi connectivity index (χ2n) is 6.65. The van der Waals surface area contributed by atoms with E-state index in [1.165, 1.54) is 29.2 Å².